The SMILES string of the molecule is Cc1ncc2c(c1O)C(c1ccccc1O)OC2. The summed E-state index contributed by atoms with van der Waals surface area (Å²) in [5.74, 6) is 0.322. The second kappa shape index (κ2) is 3.99. The van der Waals surface area contributed by atoms with E-state index in [1.165, 1.54) is 0 Å². The molecule has 0 saturated heterocycles. The normalized spacial score (nSPS) is 17.7. The number of aryl methyl sites for hydroxylation is 1. The van der Waals surface area contributed by atoms with Gasteiger partial charge in [-0.25, -0.2) is 0 Å². The van der Waals surface area contributed by atoms with Crippen LogP contribution >= 0.6 is 0 Å². The summed E-state index contributed by atoms with van der Waals surface area (Å²) in [7, 11) is 0. The van der Waals surface area contributed by atoms with Crippen molar-refractivity contribution in [2.45, 2.75) is 19.6 Å². The zero-order chi connectivity index (χ0) is 12.7. The lowest BCUT2D eigenvalue weighted by Gasteiger charge is -2.14. The summed E-state index contributed by atoms with van der Waals surface area (Å²) < 4.78 is 5.67. The molecule has 0 spiro atoms. The first-order chi connectivity index (χ1) is 8.68. The molecule has 1 aromatic carbocycles. The van der Waals surface area contributed by atoms with Gasteiger partial charge in [-0.15, -0.1) is 0 Å². The van der Waals surface area contributed by atoms with Crippen molar-refractivity contribution >= 4 is 0 Å². The molecule has 2 aromatic rings. The Morgan fingerprint density at radius 1 is 1.28 bits per heavy atom. The van der Waals surface area contributed by atoms with Crippen molar-refractivity contribution in [2.24, 2.45) is 0 Å². The van der Waals surface area contributed by atoms with Crippen molar-refractivity contribution in [3.63, 3.8) is 0 Å². The minimum absolute atomic E-state index is 0.151. The summed E-state index contributed by atoms with van der Waals surface area (Å²) in [6.07, 6.45) is 1.28. The summed E-state index contributed by atoms with van der Waals surface area (Å²) in [5, 5.41) is 20.0. The van der Waals surface area contributed by atoms with E-state index in [-0.39, 0.29) is 11.5 Å². The van der Waals surface area contributed by atoms with Gasteiger partial charge in [-0.3, -0.25) is 4.98 Å². The van der Waals surface area contributed by atoms with Gasteiger partial charge < -0.3 is 14.9 Å². The first-order valence-corrected chi connectivity index (χ1v) is 5.75. The van der Waals surface area contributed by atoms with Crippen LogP contribution in [0.4, 0.5) is 0 Å². The number of phenols is 1. The number of aromatic hydroxyl groups is 2. The van der Waals surface area contributed by atoms with E-state index >= 15 is 0 Å². The number of hydrogen-bond donors (Lipinski definition) is 2. The Morgan fingerprint density at radius 2 is 2.06 bits per heavy atom. The predicted octanol–water partition coefficient (Wildman–Crippen LogP) is 2.42. The molecule has 2 heterocycles. The fourth-order valence-electron chi connectivity index (χ4n) is 2.27. The molecule has 0 saturated carbocycles. The van der Waals surface area contributed by atoms with Crippen LogP contribution in [0.3, 0.4) is 0 Å². The quantitative estimate of drug-likeness (QED) is 0.807. The van der Waals surface area contributed by atoms with Gasteiger partial charge in [0, 0.05) is 22.9 Å². The second-order valence-electron chi connectivity index (χ2n) is 4.38. The van der Waals surface area contributed by atoms with E-state index in [1.807, 2.05) is 6.07 Å². The lowest BCUT2D eigenvalue weighted by molar-refractivity contribution is 0.0911. The highest BCUT2D eigenvalue weighted by Crippen LogP contribution is 2.43. The molecule has 1 unspecified atom stereocenters. The lowest BCUT2D eigenvalue weighted by atomic mass is 9.98. The monoisotopic (exact) mass is 243 g/mol. The smallest absolute Gasteiger partial charge is 0.143 e. The minimum atomic E-state index is -0.428. The third-order valence-corrected chi connectivity index (χ3v) is 3.24. The molecule has 0 aliphatic carbocycles. The first kappa shape index (κ1) is 11.0. The number of ether oxygens (including phenoxy) is 1. The standard InChI is InChI=1S/C14H13NO3/c1-8-13(17)12-9(6-15-8)7-18-14(12)10-4-2-3-5-11(10)16/h2-6,14,16-17H,7H2,1H3. The highest BCUT2D eigenvalue weighted by Gasteiger charge is 2.30. The van der Waals surface area contributed by atoms with Gasteiger partial charge in [0.2, 0.25) is 0 Å². The number of rotatable bonds is 1. The van der Waals surface area contributed by atoms with Crippen molar-refractivity contribution in [3.8, 4) is 11.5 Å². The van der Waals surface area contributed by atoms with Crippen molar-refractivity contribution in [3.05, 3.63) is 52.8 Å². The predicted molar refractivity (Wildman–Crippen MR) is 65.4 cm³/mol. The van der Waals surface area contributed by atoms with Gasteiger partial charge in [0.05, 0.1) is 12.3 Å². The van der Waals surface area contributed by atoms with E-state index in [2.05, 4.69) is 4.98 Å². The number of fused-ring (bicyclic) bond motifs is 1. The zero-order valence-electron chi connectivity index (χ0n) is 9.92. The third kappa shape index (κ3) is 1.54. The van der Waals surface area contributed by atoms with Crippen LogP contribution < -0.4 is 0 Å². The first-order valence-electron chi connectivity index (χ1n) is 5.75. The van der Waals surface area contributed by atoms with Crippen LogP contribution in [0.5, 0.6) is 11.5 Å². The van der Waals surface area contributed by atoms with Gasteiger partial charge in [-0.05, 0) is 13.0 Å². The zero-order valence-corrected chi connectivity index (χ0v) is 9.92. The Balaban J connectivity index is 2.16. The van der Waals surface area contributed by atoms with Gasteiger partial charge >= 0.3 is 0 Å². The van der Waals surface area contributed by atoms with Gasteiger partial charge in [0.15, 0.2) is 0 Å². The lowest BCUT2D eigenvalue weighted by Crippen LogP contribution is -2.00. The van der Waals surface area contributed by atoms with E-state index in [4.69, 9.17) is 4.74 Å². The third-order valence-electron chi connectivity index (χ3n) is 3.24. The Morgan fingerprint density at radius 3 is 2.83 bits per heavy atom. The van der Waals surface area contributed by atoms with E-state index in [1.54, 1.807) is 31.3 Å². The minimum Gasteiger partial charge on any atom is -0.508 e. The Bertz CT molecular complexity index is 610. The molecular formula is C14H13NO3. The van der Waals surface area contributed by atoms with Crippen LogP contribution in [-0.4, -0.2) is 15.2 Å². The Hall–Kier alpha value is -2.07. The summed E-state index contributed by atoms with van der Waals surface area (Å²) in [6, 6.07) is 7.00. The van der Waals surface area contributed by atoms with Gasteiger partial charge in [0.25, 0.3) is 0 Å². The van der Waals surface area contributed by atoms with Crippen LogP contribution in [0.1, 0.15) is 28.5 Å². The fourth-order valence-corrected chi connectivity index (χ4v) is 2.27. The van der Waals surface area contributed by atoms with Crippen LogP contribution in [-0.2, 0) is 11.3 Å². The molecule has 18 heavy (non-hydrogen) atoms. The molecule has 3 rings (SSSR count). The van der Waals surface area contributed by atoms with E-state index < -0.39 is 6.10 Å². The van der Waals surface area contributed by atoms with Crippen molar-refractivity contribution < 1.29 is 14.9 Å². The summed E-state index contributed by atoms with van der Waals surface area (Å²) in [5.41, 5.74) is 2.81. The maximum absolute atomic E-state index is 10.1. The molecule has 4 heteroatoms. The van der Waals surface area contributed by atoms with Gasteiger partial charge in [-0.2, -0.15) is 0 Å². The van der Waals surface area contributed by atoms with Gasteiger partial charge in [0.1, 0.15) is 17.6 Å². The molecule has 0 amide bonds. The number of pyridine rings is 1. The summed E-state index contributed by atoms with van der Waals surface area (Å²) in [6.45, 7) is 2.14. The van der Waals surface area contributed by atoms with Gasteiger partial charge in [-0.1, -0.05) is 18.2 Å². The van der Waals surface area contributed by atoms with Crippen LogP contribution in [0, 0.1) is 6.92 Å². The molecule has 0 fully saturated rings. The fraction of sp³-hybridized carbons (Fsp3) is 0.214. The second-order valence-corrected chi connectivity index (χ2v) is 4.38. The highest BCUT2D eigenvalue weighted by molar-refractivity contribution is 5.50. The summed E-state index contributed by atoms with van der Waals surface area (Å²) >= 11 is 0. The van der Waals surface area contributed by atoms with E-state index in [0.29, 0.717) is 23.4 Å². The Kier molecular flexibility index (Phi) is 2.45. The molecular weight excluding hydrogens is 230 g/mol. The molecule has 2 N–H and O–H groups in total. The maximum Gasteiger partial charge on any atom is 0.143 e. The molecule has 1 aliphatic heterocycles. The number of para-hydroxylation sites is 1. The number of benzene rings is 1. The molecule has 4 nitrogen and oxygen atoms in total. The molecule has 1 atom stereocenters. The number of nitrogens with zero attached hydrogens (tertiary/aromatic N) is 1. The molecule has 0 radical (unpaired) electrons. The number of hydrogen-bond acceptors (Lipinski definition) is 4. The van der Waals surface area contributed by atoms with Crippen molar-refractivity contribution in [2.75, 3.05) is 0 Å². The van der Waals surface area contributed by atoms with Crippen LogP contribution in [0.2, 0.25) is 0 Å². The number of phenolic OH excluding ortho intramolecular Hbond substituents is 1. The summed E-state index contributed by atoms with van der Waals surface area (Å²) in [4.78, 5) is 4.11. The molecule has 0 bridgehead atoms. The average Bonchev–Trinajstić information content (AvgIpc) is 2.79. The van der Waals surface area contributed by atoms with E-state index in [9.17, 15) is 10.2 Å². The van der Waals surface area contributed by atoms with Crippen molar-refractivity contribution in [1.29, 1.82) is 0 Å². The highest BCUT2D eigenvalue weighted by atomic mass is 16.5. The van der Waals surface area contributed by atoms with E-state index in [0.717, 1.165) is 5.56 Å². The molecule has 92 valence electrons. The topological polar surface area (TPSA) is 62.6 Å². The average molecular weight is 243 g/mol. The maximum atomic E-state index is 10.1. The Labute approximate surface area is 104 Å². The van der Waals surface area contributed by atoms with Crippen LogP contribution in [0.25, 0.3) is 0 Å². The van der Waals surface area contributed by atoms with Crippen molar-refractivity contribution in [1.82, 2.24) is 4.98 Å². The molecule has 1 aliphatic rings. The molecule has 1 aromatic heterocycles. The largest absolute Gasteiger partial charge is 0.508 e. The van der Waals surface area contributed by atoms with Crippen LogP contribution in [0.15, 0.2) is 30.5 Å². The number of aromatic nitrogens is 1.